The Morgan fingerprint density at radius 3 is 1.52 bits per heavy atom. The van der Waals surface area contributed by atoms with Crippen LogP contribution in [0.25, 0.3) is 0 Å². The van der Waals surface area contributed by atoms with Crippen molar-refractivity contribution in [2.75, 3.05) is 46.7 Å². The molecular weight excluding hydrogens is 634 g/mol. The summed E-state index contributed by atoms with van der Waals surface area (Å²) in [5.74, 6) is -0.708. The lowest BCUT2D eigenvalue weighted by atomic mass is 10.1. The van der Waals surface area contributed by atoms with Gasteiger partial charge in [0.1, 0.15) is 13.2 Å². The van der Waals surface area contributed by atoms with Crippen molar-refractivity contribution in [1.29, 1.82) is 0 Å². The Kier molecular flexibility index (Phi) is 37.5. The number of carbonyl (C=O) groups excluding carboxylic acids is 3. The Hall–Kier alpha value is -2.39. The molecule has 0 saturated heterocycles. The fourth-order valence-corrected chi connectivity index (χ4v) is 5.28. The lowest BCUT2D eigenvalue weighted by Gasteiger charge is -2.18. The molecule has 0 heterocycles. The van der Waals surface area contributed by atoms with Crippen molar-refractivity contribution in [1.82, 2.24) is 5.32 Å². The van der Waals surface area contributed by atoms with Gasteiger partial charge in [-0.2, -0.15) is 0 Å². The third-order valence-corrected chi connectivity index (χ3v) is 8.36. The van der Waals surface area contributed by atoms with E-state index in [1.54, 1.807) is 7.11 Å². The number of rotatable bonds is 37. The highest BCUT2D eigenvalue weighted by Crippen LogP contribution is 2.12. The van der Waals surface area contributed by atoms with E-state index in [4.69, 9.17) is 23.7 Å². The Labute approximate surface area is 306 Å². The molecule has 0 spiro atoms. The third kappa shape index (κ3) is 36.9. The van der Waals surface area contributed by atoms with Gasteiger partial charge in [-0.15, -0.1) is 0 Å². The maximum Gasteiger partial charge on any atom is 0.407 e. The second-order valence-corrected chi connectivity index (χ2v) is 13.2. The first-order valence-corrected chi connectivity index (χ1v) is 20.2. The number of hydrogen-bond acceptors (Lipinski definition) is 8. The van der Waals surface area contributed by atoms with Crippen LogP contribution in [0.1, 0.15) is 168 Å². The minimum atomic E-state index is -0.858. The number of unbranched alkanes of at least 4 members (excludes halogenated alkanes) is 18. The van der Waals surface area contributed by atoms with Gasteiger partial charge >= 0.3 is 18.0 Å². The second-order valence-electron chi connectivity index (χ2n) is 13.2. The topological polar surface area (TPSA) is 109 Å². The largest absolute Gasteiger partial charge is 0.462 e. The number of esters is 2. The van der Waals surface area contributed by atoms with Gasteiger partial charge < -0.3 is 29.0 Å². The van der Waals surface area contributed by atoms with Gasteiger partial charge in [0.05, 0.1) is 19.8 Å². The molecule has 1 atom stereocenters. The molecule has 0 radical (unpaired) electrons. The van der Waals surface area contributed by atoms with Gasteiger partial charge in [0.15, 0.2) is 6.10 Å². The van der Waals surface area contributed by atoms with Crippen molar-refractivity contribution in [3.63, 3.8) is 0 Å². The van der Waals surface area contributed by atoms with E-state index in [2.05, 4.69) is 43.5 Å². The average Bonchev–Trinajstić information content (AvgIpc) is 3.11. The molecule has 1 unspecified atom stereocenters. The van der Waals surface area contributed by atoms with Crippen LogP contribution in [0.2, 0.25) is 0 Å². The molecule has 1 N–H and O–H groups in total. The zero-order chi connectivity index (χ0) is 36.6. The van der Waals surface area contributed by atoms with Crippen LogP contribution in [0, 0.1) is 0 Å². The molecule has 0 rings (SSSR count). The first kappa shape index (κ1) is 47.6. The standard InChI is InChI=1S/C41H75NO8/c1-4-6-8-10-12-14-16-18-20-22-24-26-28-30-39(43)48-36-38(37-49-41(45)42-32-33-47-35-34-46-3)50-40(44)31-29-27-25-23-21-19-17-15-13-11-9-7-5-2/h14-17,38H,4-13,18-37H2,1-3H3,(H,42,45)/b16-14-,17-15-. The van der Waals surface area contributed by atoms with Crippen LogP contribution in [-0.2, 0) is 33.3 Å². The van der Waals surface area contributed by atoms with Crippen molar-refractivity contribution in [3.8, 4) is 0 Å². The molecule has 0 aromatic carbocycles. The number of ether oxygens (including phenoxy) is 5. The molecule has 50 heavy (non-hydrogen) atoms. The summed E-state index contributed by atoms with van der Waals surface area (Å²) in [6.07, 6.45) is 33.6. The number of methoxy groups -OCH3 is 1. The van der Waals surface area contributed by atoms with Gasteiger partial charge in [-0.25, -0.2) is 4.79 Å². The van der Waals surface area contributed by atoms with Crippen LogP contribution in [-0.4, -0.2) is 70.8 Å². The highest BCUT2D eigenvalue weighted by atomic mass is 16.6. The van der Waals surface area contributed by atoms with Gasteiger partial charge in [0, 0.05) is 26.5 Å². The van der Waals surface area contributed by atoms with Crippen molar-refractivity contribution < 1.29 is 38.1 Å². The van der Waals surface area contributed by atoms with E-state index in [1.165, 1.54) is 77.0 Å². The molecule has 0 aromatic heterocycles. The minimum Gasteiger partial charge on any atom is -0.462 e. The van der Waals surface area contributed by atoms with Gasteiger partial charge in [0.25, 0.3) is 0 Å². The smallest absolute Gasteiger partial charge is 0.407 e. The fraction of sp³-hybridized carbons (Fsp3) is 0.829. The highest BCUT2D eigenvalue weighted by Gasteiger charge is 2.19. The van der Waals surface area contributed by atoms with Crippen molar-refractivity contribution in [2.45, 2.75) is 174 Å². The van der Waals surface area contributed by atoms with Crippen LogP contribution in [0.4, 0.5) is 4.79 Å². The van der Waals surface area contributed by atoms with E-state index < -0.39 is 12.2 Å². The summed E-state index contributed by atoms with van der Waals surface area (Å²) in [5, 5.41) is 2.60. The normalized spacial score (nSPS) is 12.1. The maximum atomic E-state index is 12.6. The van der Waals surface area contributed by atoms with E-state index in [-0.39, 0.29) is 38.1 Å². The van der Waals surface area contributed by atoms with E-state index in [0.29, 0.717) is 26.2 Å². The van der Waals surface area contributed by atoms with Gasteiger partial charge in [-0.05, 0) is 64.2 Å². The Morgan fingerprint density at radius 2 is 1.00 bits per heavy atom. The van der Waals surface area contributed by atoms with Gasteiger partial charge in [-0.1, -0.05) is 115 Å². The predicted octanol–water partition coefficient (Wildman–Crippen LogP) is 10.3. The van der Waals surface area contributed by atoms with Crippen LogP contribution in [0.15, 0.2) is 24.3 Å². The van der Waals surface area contributed by atoms with Gasteiger partial charge in [0.2, 0.25) is 0 Å². The quantitative estimate of drug-likeness (QED) is 0.0294. The number of alkyl carbamates (subject to hydrolysis) is 1. The first-order valence-electron chi connectivity index (χ1n) is 20.2. The number of allylic oxidation sites excluding steroid dienone is 4. The number of nitrogens with one attached hydrogen (secondary N) is 1. The molecule has 9 heteroatoms. The molecule has 0 aliphatic heterocycles. The summed E-state index contributed by atoms with van der Waals surface area (Å²) < 4.78 is 26.5. The molecule has 9 nitrogen and oxygen atoms in total. The molecule has 0 aromatic rings. The van der Waals surface area contributed by atoms with Gasteiger partial charge in [-0.3, -0.25) is 9.59 Å². The second kappa shape index (κ2) is 39.4. The average molecular weight is 710 g/mol. The van der Waals surface area contributed by atoms with Crippen molar-refractivity contribution in [3.05, 3.63) is 24.3 Å². The third-order valence-electron chi connectivity index (χ3n) is 8.36. The number of carbonyl (C=O) groups is 3. The number of hydrogen-bond donors (Lipinski definition) is 1. The van der Waals surface area contributed by atoms with E-state index >= 15 is 0 Å². The number of amides is 1. The van der Waals surface area contributed by atoms with E-state index in [0.717, 1.165) is 64.2 Å². The molecule has 0 aliphatic rings. The van der Waals surface area contributed by atoms with Crippen molar-refractivity contribution >= 4 is 18.0 Å². The monoisotopic (exact) mass is 710 g/mol. The fourth-order valence-electron chi connectivity index (χ4n) is 5.28. The van der Waals surface area contributed by atoms with Crippen molar-refractivity contribution in [2.24, 2.45) is 0 Å². The van der Waals surface area contributed by atoms with Crippen LogP contribution in [0.3, 0.4) is 0 Å². The van der Waals surface area contributed by atoms with E-state index in [9.17, 15) is 14.4 Å². The van der Waals surface area contributed by atoms with Crippen LogP contribution < -0.4 is 5.32 Å². The Bertz CT molecular complexity index is 831. The Balaban J connectivity index is 4.32. The SMILES string of the molecule is CCCCCC/C=C\CCCCCCCC(=O)OCC(COC(=O)NCCOCCOC)OC(=O)CCCCCCC/C=C\CCCCCC. The summed E-state index contributed by atoms with van der Waals surface area (Å²) in [6, 6.07) is 0. The van der Waals surface area contributed by atoms with Crippen LogP contribution >= 0.6 is 0 Å². The lowest BCUT2D eigenvalue weighted by molar-refractivity contribution is -0.161. The summed E-state index contributed by atoms with van der Waals surface area (Å²) in [6.45, 7) is 5.63. The molecule has 0 fully saturated rings. The Morgan fingerprint density at radius 1 is 0.540 bits per heavy atom. The summed E-state index contributed by atoms with van der Waals surface area (Å²) in [5.41, 5.74) is 0. The molecule has 0 aliphatic carbocycles. The maximum absolute atomic E-state index is 12.6. The summed E-state index contributed by atoms with van der Waals surface area (Å²) in [4.78, 5) is 37.2. The summed E-state index contributed by atoms with van der Waals surface area (Å²) in [7, 11) is 1.59. The molecule has 0 bridgehead atoms. The molecule has 0 saturated carbocycles. The predicted molar refractivity (Wildman–Crippen MR) is 203 cm³/mol. The molecule has 1 amide bonds. The molecule has 292 valence electrons. The van der Waals surface area contributed by atoms with Crippen LogP contribution in [0.5, 0.6) is 0 Å². The zero-order valence-electron chi connectivity index (χ0n) is 32.4. The minimum absolute atomic E-state index is 0.144. The van der Waals surface area contributed by atoms with E-state index in [1.807, 2.05) is 0 Å². The highest BCUT2D eigenvalue weighted by molar-refractivity contribution is 5.70. The summed E-state index contributed by atoms with van der Waals surface area (Å²) >= 11 is 0. The zero-order valence-corrected chi connectivity index (χ0v) is 32.4. The first-order chi connectivity index (χ1) is 24.5. The lowest BCUT2D eigenvalue weighted by Crippen LogP contribution is -2.34. The molecular formula is C41H75NO8.